The first-order chi connectivity index (χ1) is 11.6. The van der Waals surface area contributed by atoms with Crippen molar-refractivity contribution in [1.82, 2.24) is 5.32 Å². The molecule has 0 aliphatic carbocycles. The van der Waals surface area contributed by atoms with Crippen molar-refractivity contribution in [1.29, 1.82) is 0 Å². The summed E-state index contributed by atoms with van der Waals surface area (Å²) in [6, 6.07) is 16.2. The quantitative estimate of drug-likeness (QED) is 0.713. The van der Waals surface area contributed by atoms with E-state index < -0.39 is 0 Å². The lowest BCUT2D eigenvalue weighted by atomic mass is 9.99. The maximum Gasteiger partial charge on any atom is 0.220 e. The van der Waals surface area contributed by atoms with Crippen molar-refractivity contribution in [3.8, 4) is 5.75 Å². The molecule has 2 aromatic carbocycles. The minimum Gasteiger partial charge on any atom is -0.494 e. The molecular formula is C21H27NO2. The third kappa shape index (κ3) is 5.41. The second-order valence-corrected chi connectivity index (χ2v) is 6.14. The molecule has 0 saturated carbocycles. The van der Waals surface area contributed by atoms with Crippen LogP contribution in [0.4, 0.5) is 0 Å². The van der Waals surface area contributed by atoms with E-state index in [0.717, 1.165) is 12.2 Å². The molecule has 0 fully saturated rings. The molecule has 1 atom stereocenters. The van der Waals surface area contributed by atoms with E-state index in [1.807, 2.05) is 30.3 Å². The average molecular weight is 325 g/mol. The van der Waals surface area contributed by atoms with Crippen molar-refractivity contribution in [2.24, 2.45) is 0 Å². The van der Waals surface area contributed by atoms with Crippen LogP contribution < -0.4 is 10.1 Å². The third-order valence-corrected chi connectivity index (χ3v) is 4.24. The molecule has 24 heavy (non-hydrogen) atoms. The lowest BCUT2D eigenvalue weighted by Crippen LogP contribution is -2.28. The number of hydrogen-bond acceptors (Lipinski definition) is 2. The Balaban J connectivity index is 1.78. The molecule has 0 heterocycles. The van der Waals surface area contributed by atoms with E-state index >= 15 is 0 Å². The Morgan fingerprint density at radius 2 is 1.83 bits per heavy atom. The van der Waals surface area contributed by atoms with Crippen molar-refractivity contribution >= 4 is 5.91 Å². The largest absolute Gasteiger partial charge is 0.494 e. The van der Waals surface area contributed by atoms with Gasteiger partial charge in [-0.15, -0.1) is 0 Å². The Hall–Kier alpha value is -2.29. The molecule has 0 aliphatic heterocycles. The Morgan fingerprint density at radius 3 is 2.50 bits per heavy atom. The smallest absolute Gasteiger partial charge is 0.220 e. The molecular weight excluding hydrogens is 298 g/mol. The summed E-state index contributed by atoms with van der Waals surface area (Å²) in [5, 5.41) is 3.13. The molecule has 0 aliphatic rings. The maximum absolute atomic E-state index is 12.2. The normalized spacial score (nSPS) is 11.8. The van der Waals surface area contributed by atoms with Gasteiger partial charge in [0, 0.05) is 6.42 Å². The fourth-order valence-electron chi connectivity index (χ4n) is 2.61. The predicted molar refractivity (Wildman–Crippen MR) is 98.3 cm³/mol. The second kappa shape index (κ2) is 9.11. The highest BCUT2D eigenvalue weighted by molar-refractivity contribution is 5.76. The van der Waals surface area contributed by atoms with Crippen LogP contribution in [0.2, 0.25) is 0 Å². The molecule has 2 rings (SSSR count). The van der Waals surface area contributed by atoms with E-state index in [1.165, 1.54) is 16.7 Å². The second-order valence-electron chi connectivity index (χ2n) is 6.14. The Kier molecular flexibility index (Phi) is 6.86. The lowest BCUT2D eigenvalue weighted by Gasteiger charge is -2.18. The van der Waals surface area contributed by atoms with Crippen LogP contribution in [0, 0.1) is 13.8 Å². The molecule has 1 N–H and O–H groups in total. The van der Waals surface area contributed by atoms with Crippen LogP contribution in [0.15, 0.2) is 48.5 Å². The highest BCUT2D eigenvalue weighted by atomic mass is 16.5. The molecule has 0 saturated heterocycles. The molecule has 0 spiro atoms. The molecule has 2 aromatic rings. The van der Waals surface area contributed by atoms with Crippen molar-refractivity contribution in [3.63, 3.8) is 0 Å². The fourth-order valence-corrected chi connectivity index (χ4v) is 2.61. The number of carbonyl (C=O) groups is 1. The van der Waals surface area contributed by atoms with Gasteiger partial charge in [0.05, 0.1) is 12.6 Å². The van der Waals surface area contributed by atoms with Gasteiger partial charge in [0.2, 0.25) is 5.91 Å². The summed E-state index contributed by atoms with van der Waals surface area (Å²) < 4.78 is 5.62. The highest BCUT2D eigenvalue weighted by Crippen LogP contribution is 2.20. The van der Waals surface area contributed by atoms with Gasteiger partial charge in [-0.3, -0.25) is 4.79 Å². The summed E-state index contributed by atoms with van der Waals surface area (Å²) in [5.74, 6) is 0.927. The SMILES string of the molecule is CC[C@@H](NC(=O)CCCOc1ccccc1)c1ccc(C)c(C)c1. The van der Waals surface area contributed by atoms with Crippen LogP contribution in [-0.2, 0) is 4.79 Å². The molecule has 3 heteroatoms. The van der Waals surface area contributed by atoms with Crippen molar-refractivity contribution in [2.75, 3.05) is 6.61 Å². The monoisotopic (exact) mass is 325 g/mol. The van der Waals surface area contributed by atoms with Gasteiger partial charge in [0.15, 0.2) is 0 Å². The van der Waals surface area contributed by atoms with Gasteiger partial charge < -0.3 is 10.1 Å². The maximum atomic E-state index is 12.2. The summed E-state index contributed by atoms with van der Waals surface area (Å²) in [6.07, 6.45) is 2.08. The van der Waals surface area contributed by atoms with Crippen LogP contribution in [0.25, 0.3) is 0 Å². The molecule has 128 valence electrons. The zero-order valence-corrected chi connectivity index (χ0v) is 14.8. The van der Waals surface area contributed by atoms with Gasteiger partial charge in [-0.05, 0) is 55.5 Å². The van der Waals surface area contributed by atoms with Crippen molar-refractivity contribution in [3.05, 3.63) is 65.2 Å². The van der Waals surface area contributed by atoms with E-state index in [0.29, 0.717) is 19.4 Å². The standard InChI is InChI=1S/C21H27NO2/c1-4-20(18-13-12-16(2)17(3)15-18)22-21(23)11-8-14-24-19-9-6-5-7-10-19/h5-7,9-10,12-13,15,20H,4,8,11,14H2,1-3H3,(H,22,23)/t20-/m1/s1. The number of benzene rings is 2. The number of carbonyl (C=O) groups excluding carboxylic acids is 1. The Bertz CT molecular complexity index is 652. The number of ether oxygens (including phenoxy) is 1. The van der Waals surface area contributed by atoms with Crippen LogP contribution in [0.3, 0.4) is 0 Å². The van der Waals surface area contributed by atoms with Gasteiger partial charge in [-0.2, -0.15) is 0 Å². The lowest BCUT2D eigenvalue weighted by molar-refractivity contribution is -0.122. The van der Waals surface area contributed by atoms with Crippen molar-refractivity contribution in [2.45, 2.75) is 46.1 Å². The van der Waals surface area contributed by atoms with E-state index in [1.54, 1.807) is 0 Å². The summed E-state index contributed by atoms with van der Waals surface area (Å²) >= 11 is 0. The molecule has 1 amide bonds. The van der Waals surface area contributed by atoms with Gasteiger partial charge in [0.1, 0.15) is 5.75 Å². The van der Waals surface area contributed by atoms with E-state index in [9.17, 15) is 4.79 Å². The molecule has 0 radical (unpaired) electrons. The van der Waals surface area contributed by atoms with Crippen LogP contribution in [-0.4, -0.2) is 12.5 Å². The van der Waals surface area contributed by atoms with E-state index in [2.05, 4.69) is 44.3 Å². The summed E-state index contributed by atoms with van der Waals surface area (Å²) in [6.45, 7) is 6.86. The first-order valence-corrected chi connectivity index (χ1v) is 8.64. The van der Waals surface area contributed by atoms with Gasteiger partial charge in [-0.1, -0.05) is 43.3 Å². The van der Waals surface area contributed by atoms with E-state index in [-0.39, 0.29) is 11.9 Å². The van der Waals surface area contributed by atoms with E-state index in [4.69, 9.17) is 4.74 Å². The molecule has 0 aromatic heterocycles. The zero-order chi connectivity index (χ0) is 17.4. The number of amides is 1. The molecule has 0 bridgehead atoms. The third-order valence-electron chi connectivity index (χ3n) is 4.24. The number of aryl methyl sites for hydroxylation is 2. The fraction of sp³-hybridized carbons (Fsp3) is 0.381. The summed E-state index contributed by atoms with van der Waals surface area (Å²) in [4.78, 5) is 12.2. The summed E-state index contributed by atoms with van der Waals surface area (Å²) in [7, 11) is 0. The number of para-hydroxylation sites is 1. The van der Waals surface area contributed by atoms with Gasteiger partial charge in [0.25, 0.3) is 0 Å². The number of nitrogens with one attached hydrogen (secondary N) is 1. The predicted octanol–water partition coefficient (Wildman–Crippen LogP) is 4.73. The van der Waals surface area contributed by atoms with Crippen LogP contribution in [0.5, 0.6) is 5.75 Å². The first kappa shape index (κ1) is 18.1. The first-order valence-electron chi connectivity index (χ1n) is 8.64. The molecule has 3 nitrogen and oxygen atoms in total. The van der Waals surface area contributed by atoms with Gasteiger partial charge in [-0.25, -0.2) is 0 Å². The average Bonchev–Trinajstić information content (AvgIpc) is 2.60. The van der Waals surface area contributed by atoms with Crippen LogP contribution in [0.1, 0.15) is 48.9 Å². The molecule has 0 unspecified atom stereocenters. The zero-order valence-electron chi connectivity index (χ0n) is 14.8. The minimum absolute atomic E-state index is 0.0758. The summed E-state index contributed by atoms with van der Waals surface area (Å²) in [5.41, 5.74) is 3.71. The topological polar surface area (TPSA) is 38.3 Å². The Labute approximate surface area is 145 Å². The highest BCUT2D eigenvalue weighted by Gasteiger charge is 2.13. The van der Waals surface area contributed by atoms with Crippen LogP contribution >= 0.6 is 0 Å². The minimum atomic E-state index is 0.0758. The van der Waals surface area contributed by atoms with Crippen molar-refractivity contribution < 1.29 is 9.53 Å². The number of rotatable bonds is 8. The number of hydrogen-bond donors (Lipinski definition) is 1. The van der Waals surface area contributed by atoms with Gasteiger partial charge >= 0.3 is 0 Å². The Morgan fingerprint density at radius 1 is 1.08 bits per heavy atom.